The van der Waals surface area contributed by atoms with Crippen LogP contribution in [0.5, 0.6) is 0 Å². The van der Waals surface area contributed by atoms with Gasteiger partial charge in [-0.3, -0.25) is 9.10 Å². The minimum atomic E-state index is -3.82. The molecule has 1 amide bonds. The Balaban J connectivity index is 2.26. The molecule has 5 nitrogen and oxygen atoms in total. The smallest absolute Gasteiger partial charge is 0.245 e. The predicted octanol–water partition coefficient (Wildman–Crippen LogP) is 3.35. The van der Waals surface area contributed by atoms with Crippen LogP contribution in [0.4, 0.5) is 15.8 Å². The van der Waals surface area contributed by atoms with Crippen LogP contribution in [0, 0.1) is 5.82 Å². The first-order valence-electron chi connectivity index (χ1n) is 7.81. The van der Waals surface area contributed by atoms with Gasteiger partial charge in [0.1, 0.15) is 12.4 Å². The first kappa shape index (κ1) is 18.9. The standard InChI is InChI=1S/C18H21FN2O3S/c1-13(2)14-8-4-6-10-16(14)20-18(22)12-21(25(3,23)24)17-11-7-5-9-15(17)19/h4-11,13H,12H2,1-3H3,(H,20,22). The Bertz CT molecular complexity index is 866. The molecule has 0 aliphatic carbocycles. The fourth-order valence-electron chi connectivity index (χ4n) is 2.47. The molecule has 0 radical (unpaired) electrons. The van der Waals surface area contributed by atoms with Gasteiger partial charge in [0.25, 0.3) is 0 Å². The number of carbonyl (C=O) groups excluding carboxylic acids is 1. The number of anilines is 2. The van der Waals surface area contributed by atoms with Gasteiger partial charge >= 0.3 is 0 Å². The molecule has 2 aromatic carbocycles. The number of hydrogen-bond acceptors (Lipinski definition) is 3. The van der Waals surface area contributed by atoms with Gasteiger partial charge in [-0.05, 0) is 29.7 Å². The zero-order valence-corrected chi connectivity index (χ0v) is 15.2. The van der Waals surface area contributed by atoms with Gasteiger partial charge in [0.15, 0.2) is 0 Å². The molecule has 1 N–H and O–H groups in total. The third-order valence-corrected chi connectivity index (χ3v) is 4.79. The highest BCUT2D eigenvalue weighted by Crippen LogP contribution is 2.25. The molecule has 134 valence electrons. The van der Waals surface area contributed by atoms with Crippen molar-refractivity contribution in [3.05, 3.63) is 59.9 Å². The maximum absolute atomic E-state index is 14.0. The van der Waals surface area contributed by atoms with Crippen molar-refractivity contribution in [2.24, 2.45) is 0 Å². The second-order valence-electron chi connectivity index (χ2n) is 6.01. The number of halogens is 1. The van der Waals surface area contributed by atoms with E-state index in [0.29, 0.717) is 5.69 Å². The van der Waals surface area contributed by atoms with E-state index in [2.05, 4.69) is 5.32 Å². The number of para-hydroxylation sites is 2. The molecule has 0 aromatic heterocycles. The van der Waals surface area contributed by atoms with E-state index >= 15 is 0 Å². The van der Waals surface area contributed by atoms with Crippen LogP contribution < -0.4 is 9.62 Å². The number of nitrogens with one attached hydrogen (secondary N) is 1. The van der Waals surface area contributed by atoms with Gasteiger partial charge in [0.2, 0.25) is 15.9 Å². The van der Waals surface area contributed by atoms with Gasteiger partial charge in [-0.2, -0.15) is 0 Å². The molecular formula is C18H21FN2O3S. The summed E-state index contributed by atoms with van der Waals surface area (Å²) in [5.41, 5.74) is 1.40. The lowest BCUT2D eigenvalue weighted by atomic mass is 10.0. The average molecular weight is 364 g/mol. The van der Waals surface area contributed by atoms with Crippen LogP contribution in [0.3, 0.4) is 0 Å². The summed E-state index contributed by atoms with van der Waals surface area (Å²) in [5, 5.41) is 2.72. The van der Waals surface area contributed by atoms with Crippen LogP contribution in [0.25, 0.3) is 0 Å². The lowest BCUT2D eigenvalue weighted by Crippen LogP contribution is -2.38. The normalized spacial score (nSPS) is 11.4. The Kier molecular flexibility index (Phi) is 5.79. The zero-order chi connectivity index (χ0) is 18.6. The van der Waals surface area contributed by atoms with Crippen molar-refractivity contribution in [1.29, 1.82) is 0 Å². The van der Waals surface area contributed by atoms with E-state index in [-0.39, 0.29) is 11.6 Å². The van der Waals surface area contributed by atoms with Crippen LogP contribution in [0.15, 0.2) is 48.5 Å². The summed E-state index contributed by atoms with van der Waals surface area (Å²) < 4.78 is 38.8. The Labute approximate surface area is 147 Å². The molecule has 25 heavy (non-hydrogen) atoms. The monoisotopic (exact) mass is 364 g/mol. The van der Waals surface area contributed by atoms with E-state index in [1.165, 1.54) is 18.2 Å². The maximum Gasteiger partial charge on any atom is 0.245 e. The number of sulfonamides is 1. The summed E-state index contributed by atoms with van der Waals surface area (Å²) in [7, 11) is -3.82. The third kappa shape index (κ3) is 4.79. The van der Waals surface area contributed by atoms with Crippen molar-refractivity contribution in [1.82, 2.24) is 0 Å². The molecular weight excluding hydrogens is 343 g/mol. The van der Waals surface area contributed by atoms with E-state index < -0.39 is 28.3 Å². The summed E-state index contributed by atoms with van der Waals surface area (Å²) in [6.45, 7) is 3.48. The van der Waals surface area contributed by atoms with Crippen molar-refractivity contribution in [2.75, 3.05) is 22.4 Å². The van der Waals surface area contributed by atoms with E-state index in [9.17, 15) is 17.6 Å². The number of rotatable bonds is 6. The lowest BCUT2D eigenvalue weighted by molar-refractivity contribution is -0.114. The molecule has 0 fully saturated rings. The van der Waals surface area contributed by atoms with Crippen LogP contribution in [0.1, 0.15) is 25.3 Å². The minimum absolute atomic E-state index is 0.155. The molecule has 7 heteroatoms. The highest BCUT2D eigenvalue weighted by atomic mass is 32.2. The summed E-state index contributed by atoms with van der Waals surface area (Å²) in [4.78, 5) is 12.4. The molecule has 0 aliphatic heterocycles. The molecule has 2 rings (SSSR count). The lowest BCUT2D eigenvalue weighted by Gasteiger charge is -2.23. The van der Waals surface area contributed by atoms with E-state index in [1.54, 1.807) is 12.1 Å². The first-order valence-corrected chi connectivity index (χ1v) is 9.66. The summed E-state index contributed by atoms with van der Waals surface area (Å²) in [6, 6.07) is 12.7. The topological polar surface area (TPSA) is 66.5 Å². The Morgan fingerprint density at radius 1 is 1.12 bits per heavy atom. The summed E-state index contributed by atoms with van der Waals surface area (Å²) in [6.07, 6.45) is 0.939. The van der Waals surface area contributed by atoms with Crippen molar-refractivity contribution < 1.29 is 17.6 Å². The molecule has 0 saturated carbocycles. The number of nitrogens with zero attached hydrogens (tertiary/aromatic N) is 1. The van der Waals surface area contributed by atoms with E-state index in [4.69, 9.17) is 0 Å². The van der Waals surface area contributed by atoms with Gasteiger partial charge in [-0.1, -0.05) is 44.2 Å². The number of hydrogen-bond donors (Lipinski definition) is 1. The van der Waals surface area contributed by atoms with E-state index in [1.807, 2.05) is 26.0 Å². The summed E-state index contributed by atoms with van der Waals surface area (Å²) in [5.74, 6) is -1.06. The highest BCUT2D eigenvalue weighted by molar-refractivity contribution is 7.92. The molecule has 0 spiro atoms. The number of amides is 1. The Hall–Kier alpha value is -2.41. The van der Waals surface area contributed by atoms with Crippen LogP contribution in [-0.4, -0.2) is 27.1 Å². The van der Waals surface area contributed by atoms with E-state index in [0.717, 1.165) is 22.2 Å². The second-order valence-corrected chi connectivity index (χ2v) is 7.92. The van der Waals surface area contributed by atoms with Crippen molar-refractivity contribution in [3.8, 4) is 0 Å². The fourth-order valence-corrected chi connectivity index (χ4v) is 3.33. The molecule has 0 unspecified atom stereocenters. The van der Waals surface area contributed by atoms with Crippen LogP contribution in [0.2, 0.25) is 0 Å². The van der Waals surface area contributed by atoms with Crippen LogP contribution >= 0.6 is 0 Å². The maximum atomic E-state index is 14.0. The largest absolute Gasteiger partial charge is 0.324 e. The SMILES string of the molecule is CC(C)c1ccccc1NC(=O)CN(c1ccccc1F)S(C)(=O)=O. The van der Waals surface area contributed by atoms with Crippen molar-refractivity contribution >= 4 is 27.3 Å². The van der Waals surface area contributed by atoms with Gasteiger partial charge in [0, 0.05) is 5.69 Å². The van der Waals surface area contributed by atoms with Crippen LogP contribution in [-0.2, 0) is 14.8 Å². The average Bonchev–Trinajstić information content (AvgIpc) is 2.53. The predicted molar refractivity (Wildman–Crippen MR) is 97.8 cm³/mol. The number of carbonyl (C=O) groups is 1. The number of benzene rings is 2. The Morgan fingerprint density at radius 3 is 2.32 bits per heavy atom. The summed E-state index contributed by atoms with van der Waals surface area (Å²) >= 11 is 0. The highest BCUT2D eigenvalue weighted by Gasteiger charge is 2.23. The van der Waals surface area contributed by atoms with Gasteiger partial charge in [-0.25, -0.2) is 12.8 Å². The first-order chi connectivity index (χ1) is 11.7. The van der Waals surface area contributed by atoms with Gasteiger partial charge < -0.3 is 5.32 Å². The zero-order valence-electron chi connectivity index (χ0n) is 14.4. The minimum Gasteiger partial charge on any atom is -0.324 e. The van der Waals surface area contributed by atoms with Crippen molar-refractivity contribution in [3.63, 3.8) is 0 Å². The fraction of sp³-hybridized carbons (Fsp3) is 0.278. The molecule has 0 bridgehead atoms. The van der Waals surface area contributed by atoms with Crippen molar-refractivity contribution in [2.45, 2.75) is 19.8 Å². The second kappa shape index (κ2) is 7.65. The van der Waals surface area contributed by atoms with Gasteiger partial charge in [0.05, 0.1) is 11.9 Å². The molecule has 0 aliphatic rings. The molecule has 0 heterocycles. The molecule has 0 saturated heterocycles. The quantitative estimate of drug-likeness (QED) is 0.855. The molecule has 2 aromatic rings. The Morgan fingerprint density at radius 2 is 1.72 bits per heavy atom. The molecule has 0 atom stereocenters. The van der Waals surface area contributed by atoms with Gasteiger partial charge in [-0.15, -0.1) is 0 Å². The third-order valence-electron chi connectivity index (χ3n) is 3.67.